The molecule has 148 valence electrons. The number of hydrogen-bond donors (Lipinski definition) is 1. The van der Waals surface area contributed by atoms with Gasteiger partial charge in [0.1, 0.15) is 0 Å². The highest BCUT2D eigenvalue weighted by Crippen LogP contribution is 2.36. The van der Waals surface area contributed by atoms with E-state index in [4.69, 9.17) is 9.47 Å². The fraction of sp³-hybridized carbons (Fsp3) is 0.556. The van der Waals surface area contributed by atoms with Crippen molar-refractivity contribution in [1.82, 2.24) is 0 Å². The zero-order chi connectivity index (χ0) is 19.4. The van der Waals surface area contributed by atoms with Crippen LogP contribution in [0, 0.1) is 0 Å². The summed E-state index contributed by atoms with van der Waals surface area (Å²) in [6, 6.07) is 3.27. The Morgan fingerprint density at radius 1 is 1.22 bits per heavy atom. The van der Waals surface area contributed by atoms with Crippen molar-refractivity contribution in [2.24, 2.45) is 0 Å². The van der Waals surface area contributed by atoms with Crippen LogP contribution in [0.2, 0.25) is 0 Å². The van der Waals surface area contributed by atoms with Crippen LogP contribution in [-0.4, -0.2) is 44.3 Å². The number of carbonyl (C=O) groups is 2. The summed E-state index contributed by atoms with van der Waals surface area (Å²) in [6.45, 7) is 1.31. The monoisotopic (exact) mass is 386 g/mol. The lowest BCUT2D eigenvalue weighted by Crippen LogP contribution is -2.28. The Bertz CT molecular complexity index is 696. The van der Waals surface area contributed by atoms with Crippen molar-refractivity contribution < 1.29 is 32.2 Å². The van der Waals surface area contributed by atoms with Gasteiger partial charge in [0.05, 0.1) is 16.9 Å². The minimum atomic E-state index is -4.52. The van der Waals surface area contributed by atoms with Crippen molar-refractivity contribution >= 4 is 23.3 Å². The fourth-order valence-corrected chi connectivity index (χ4v) is 3.23. The van der Waals surface area contributed by atoms with Gasteiger partial charge in [-0.1, -0.05) is 0 Å². The SMILES string of the molecule is O=C(COC(=O)[C@@H]1CCCO1)Nc1cc(C(F)(F)F)ccc1N1CCCC1. The number of benzene rings is 1. The molecule has 0 radical (unpaired) electrons. The first kappa shape index (κ1) is 19.5. The standard InChI is InChI=1S/C18H21F3N2O4/c19-18(20,21)12-5-6-14(23-7-1-2-8-23)13(10-12)22-16(24)11-27-17(25)15-4-3-9-26-15/h5-6,10,15H,1-4,7-9,11H2,(H,22,24)/t15-/m0/s1. The molecule has 1 aromatic rings. The first-order chi connectivity index (χ1) is 12.8. The molecule has 2 aliphatic heterocycles. The molecule has 0 aliphatic carbocycles. The summed E-state index contributed by atoms with van der Waals surface area (Å²) in [5.74, 6) is -1.33. The van der Waals surface area contributed by atoms with Crippen LogP contribution < -0.4 is 10.2 Å². The molecule has 27 heavy (non-hydrogen) atoms. The van der Waals surface area contributed by atoms with Crippen LogP contribution in [0.4, 0.5) is 24.5 Å². The van der Waals surface area contributed by atoms with Crippen LogP contribution >= 0.6 is 0 Å². The number of nitrogens with one attached hydrogen (secondary N) is 1. The van der Waals surface area contributed by atoms with Crippen molar-refractivity contribution in [2.45, 2.75) is 38.0 Å². The van der Waals surface area contributed by atoms with E-state index in [0.717, 1.165) is 31.4 Å². The molecule has 1 aromatic carbocycles. The third-order valence-corrected chi connectivity index (χ3v) is 4.58. The summed E-state index contributed by atoms with van der Waals surface area (Å²) in [5, 5.41) is 2.45. The highest BCUT2D eigenvalue weighted by Gasteiger charge is 2.32. The summed E-state index contributed by atoms with van der Waals surface area (Å²) in [7, 11) is 0. The summed E-state index contributed by atoms with van der Waals surface area (Å²) < 4.78 is 49.2. The Kier molecular flexibility index (Phi) is 5.88. The van der Waals surface area contributed by atoms with Gasteiger partial charge in [0.15, 0.2) is 12.7 Å². The molecule has 2 saturated heterocycles. The maximum atomic E-state index is 13.0. The second-order valence-electron chi connectivity index (χ2n) is 6.58. The van der Waals surface area contributed by atoms with E-state index >= 15 is 0 Å². The topological polar surface area (TPSA) is 67.9 Å². The molecule has 1 amide bonds. The van der Waals surface area contributed by atoms with E-state index in [2.05, 4.69) is 5.32 Å². The quantitative estimate of drug-likeness (QED) is 0.788. The van der Waals surface area contributed by atoms with Crippen molar-refractivity contribution in [2.75, 3.05) is 36.5 Å². The summed E-state index contributed by atoms with van der Waals surface area (Å²) in [5.41, 5.74) is -0.263. The molecule has 0 aromatic heterocycles. The van der Waals surface area contributed by atoms with Crippen molar-refractivity contribution in [3.8, 4) is 0 Å². The summed E-state index contributed by atoms with van der Waals surface area (Å²) in [6.07, 6.45) is -2.04. The molecular weight excluding hydrogens is 365 g/mol. The second-order valence-corrected chi connectivity index (χ2v) is 6.58. The first-order valence-electron chi connectivity index (χ1n) is 8.89. The molecule has 6 nitrogen and oxygen atoms in total. The highest BCUT2D eigenvalue weighted by atomic mass is 19.4. The number of rotatable bonds is 5. The molecule has 2 fully saturated rings. The summed E-state index contributed by atoms with van der Waals surface area (Å²) >= 11 is 0. The van der Waals surface area contributed by atoms with Crippen LogP contribution in [0.3, 0.4) is 0 Å². The van der Waals surface area contributed by atoms with Gasteiger partial charge in [-0.25, -0.2) is 4.79 Å². The Morgan fingerprint density at radius 2 is 1.96 bits per heavy atom. The molecule has 9 heteroatoms. The van der Waals surface area contributed by atoms with Crippen molar-refractivity contribution in [3.63, 3.8) is 0 Å². The van der Waals surface area contributed by atoms with Crippen molar-refractivity contribution in [3.05, 3.63) is 23.8 Å². The van der Waals surface area contributed by atoms with Gasteiger partial charge in [0.2, 0.25) is 0 Å². The van der Waals surface area contributed by atoms with Crippen LogP contribution in [0.25, 0.3) is 0 Å². The predicted octanol–water partition coefficient (Wildman–Crippen LogP) is 2.97. The average molecular weight is 386 g/mol. The Morgan fingerprint density at radius 3 is 2.59 bits per heavy atom. The van der Waals surface area contributed by atoms with Gasteiger partial charge >= 0.3 is 12.1 Å². The van der Waals surface area contributed by atoms with Gasteiger partial charge in [-0.3, -0.25) is 4.79 Å². The van der Waals surface area contributed by atoms with Crippen LogP contribution in [-0.2, 0) is 25.2 Å². The third kappa shape index (κ3) is 4.91. The van der Waals surface area contributed by atoms with Gasteiger partial charge in [0.25, 0.3) is 5.91 Å². The lowest BCUT2D eigenvalue weighted by atomic mass is 10.1. The number of halogens is 3. The molecule has 1 N–H and O–H groups in total. The number of hydrogen-bond acceptors (Lipinski definition) is 5. The molecule has 0 bridgehead atoms. The van der Waals surface area contributed by atoms with Crippen LogP contribution in [0.5, 0.6) is 0 Å². The summed E-state index contributed by atoms with van der Waals surface area (Å²) in [4.78, 5) is 25.8. The highest BCUT2D eigenvalue weighted by molar-refractivity contribution is 5.96. The number of amides is 1. The maximum Gasteiger partial charge on any atom is 0.416 e. The number of ether oxygens (including phenoxy) is 2. The fourth-order valence-electron chi connectivity index (χ4n) is 3.23. The van der Waals surface area contributed by atoms with Gasteiger partial charge in [-0.2, -0.15) is 13.2 Å². The smallest absolute Gasteiger partial charge is 0.416 e. The van der Waals surface area contributed by atoms with E-state index < -0.39 is 36.3 Å². The lowest BCUT2D eigenvalue weighted by molar-refractivity contribution is -0.156. The normalized spacial score (nSPS) is 20.0. The lowest BCUT2D eigenvalue weighted by Gasteiger charge is -2.23. The third-order valence-electron chi connectivity index (χ3n) is 4.58. The molecule has 0 spiro atoms. The van der Waals surface area contributed by atoms with E-state index in [1.165, 1.54) is 6.07 Å². The van der Waals surface area contributed by atoms with E-state index in [0.29, 0.717) is 31.8 Å². The van der Waals surface area contributed by atoms with Gasteiger partial charge < -0.3 is 19.7 Å². The van der Waals surface area contributed by atoms with Crippen molar-refractivity contribution in [1.29, 1.82) is 0 Å². The number of anilines is 2. The van der Waals surface area contributed by atoms with Gasteiger partial charge in [-0.15, -0.1) is 0 Å². The minimum Gasteiger partial charge on any atom is -0.454 e. The molecule has 2 aliphatic rings. The maximum absolute atomic E-state index is 13.0. The molecular formula is C18H21F3N2O4. The van der Waals surface area contributed by atoms with E-state index in [-0.39, 0.29) is 5.69 Å². The minimum absolute atomic E-state index is 0.0601. The Balaban J connectivity index is 1.69. The van der Waals surface area contributed by atoms with E-state index in [1.54, 1.807) is 0 Å². The average Bonchev–Trinajstić information content (AvgIpc) is 3.32. The van der Waals surface area contributed by atoms with Gasteiger partial charge in [0, 0.05) is 19.7 Å². The molecule has 0 unspecified atom stereocenters. The largest absolute Gasteiger partial charge is 0.454 e. The number of nitrogens with zero attached hydrogens (tertiary/aromatic N) is 1. The van der Waals surface area contributed by atoms with Crippen LogP contribution in [0.1, 0.15) is 31.2 Å². The number of esters is 1. The molecule has 0 saturated carbocycles. The Labute approximate surface area is 154 Å². The predicted molar refractivity (Wildman–Crippen MR) is 91.5 cm³/mol. The van der Waals surface area contributed by atoms with Gasteiger partial charge in [-0.05, 0) is 43.9 Å². The molecule has 2 heterocycles. The first-order valence-corrected chi connectivity index (χ1v) is 8.89. The van der Waals surface area contributed by atoms with Crippen LogP contribution in [0.15, 0.2) is 18.2 Å². The number of alkyl halides is 3. The van der Waals surface area contributed by atoms with E-state index in [1.807, 2.05) is 4.90 Å². The molecule has 1 atom stereocenters. The zero-order valence-electron chi connectivity index (χ0n) is 14.7. The number of carbonyl (C=O) groups excluding carboxylic acids is 2. The molecule has 3 rings (SSSR count). The Hall–Kier alpha value is -2.29. The second kappa shape index (κ2) is 8.16. The zero-order valence-corrected chi connectivity index (χ0v) is 14.7. The van der Waals surface area contributed by atoms with E-state index in [9.17, 15) is 22.8 Å².